The molecule has 3 rings (SSSR count). The smallest absolute Gasteiger partial charge is 0.354 e. The van der Waals surface area contributed by atoms with Gasteiger partial charge in [-0.25, -0.2) is 4.79 Å². The van der Waals surface area contributed by atoms with Gasteiger partial charge in [-0.05, 0) is 37.6 Å². The summed E-state index contributed by atoms with van der Waals surface area (Å²) in [6, 6.07) is 13.5. The van der Waals surface area contributed by atoms with Crippen LogP contribution in [0.15, 0.2) is 48.5 Å². The summed E-state index contributed by atoms with van der Waals surface area (Å²) < 4.78 is 10.2. The van der Waals surface area contributed by atoms with Gasteiger partial charge < -0.3 is 24.9 Å². The number of aromatic amines is 1. The molecule has 3 N–H and O–H groups in total. The maximum atomic E-state index is 12.8. The van der Waals surface area contributed by atoms with Crippen LogP contribution in [0.5, 0.6) is 5.75 Å². The topological polar surface area (TPSA) is 118 Å². The number of ether oxygens (including phenoxy) is 2. The Balaban J connectivity index is 1.58. The molecule has 1 aromatic heterocycles. The van der Waals surface area contributed by atoms with Crippen molar-refractivity contribution in [2.75, 3.05) is 13.2 Å². The van der Waals surface area contributed by atoms with Gasteiger partial charge in [0.25, 0.3) is 0 Å². The zero-order valence-electron chi connectivity index (χ0n) is 18.0. The van der Waals surface area contributed by atoms with Crippen LogP contribution in [0.4, 0.5) is 0 Å². The van der Waals surface area contributed by atoms with Gasteiger partial charge in [-0.3, -0.25) is 9.59 Å². The zero-order chi connectivity index (χ0) is 23.1. The molecule has 0 aliphatic rings. The van der Waals surface area contributed by atoms with Crippen LogP contribution >= 0.6 is 0 Å². The fourth-order valence-corrected chi connectivity index (χ4v) is 3.25. The van der Waals surface area contributed by atoms with E-state index >= 15 is 0 Å². The maximum Gasteiger partial charge on any atom is 0.354 e. The third-order valence-corrected chi connectivity index (χ3v) is 4.89. The van der Waals surface area contributed by atoms with Crippen molar-refractivity contribution in [3.63, 3.8) is 0 Å². The van der Waals surface area contributed by atoms with Crippen molar-refractivity contribution in [1.29, 1.82) is 0 Å². The molecular formula is C24H26N2O6. The first kappa shape index (κ1) is 23.0. The van der Waals surface area contributed by atoms with Gasteiger partial charge in [0.15, 0.2) is 5.78 Å². The molecule has 1 atom stereocenters. The van der Waals surface area contributed by atoms with Crippen LogP contribution in [0.3, 0.4) is 0 Å². The summed E-state index contributed by atoms with van der Waals surface area (Å²) in [5.74, 6) is -1.25. The quantitative estimate of drug-likeness (QED) is 0.328. The van der Waals surface area contributed by atoms with Gasteiger partial charge in [0.05, 0.1) is 25.1 Å². The van der Waals surface area contributed by atoms with Crippen LogP contribution in [-0.4, -0.2) is 47.0 Å². The van der Waals surface area contributed by atoms with E-state index in [4.69, 9.17) is 9.47 Å². The van der Waals surface area contributed by atoms with E-state index in [1.807, 2.05) is 30.3 Å². The van der Waals surface area contributed by atoms with Crippen LogP contribution in [0.1, 0.15) is 46.7 Å². The number of H-pyrrole nitrogens is 1. The lowest BCUT2D eigenvalue weighted by Crippen LogP contribution is -2.33. The van der Waals surface area contributed by atoms with Crippen molar-refractivity contribution in [2.45, 2.75) is 32.9 Å². The first-order chi connectivity index (χ1) is 15.4. The van der Waals surface area contributed by atoms with Crippen molar-refractivity contribution < 1.29 is 29.0 Å². The lowest BCUT2D eigenvalue weighted by atomic mass is 10.0. The lowest BCUT2D eigenvalue weighted by molar-refractivity contribution is -0.145. The number of phenolic OH excluding ortho intramolecular Hbond substituents is 1. The highest BCUT2D eigenvalue weighted by Crippen LogP contribution is 2.28. The minimum atomic E-state index is -0.567. The van der Waals surface area contributed by atoms with Crippen molar-refractivity contribution in [3.8, 4) is 5.75 Å². The molecule has 3 aromatic rings. The molecule has 0 aliphatic carbocycles. The Kier molecular flexibility index (Phi) is 7.62. The third-order valence-electron chi connectivity index (χ3n) is 4.89. The summed E-state index contributed by atoms with van der Waals surface area (Å²) in [5, 5.41) is 13.5. The molecule has 0 radical (unpaired) electrons. The number of hydrogen-bond donors (Lipinski definition) is 3. The van der Waals surface area contributed by atoms with Gasteiger partial charge in [0, 0.05) is 17.0 Å². The van der Waals surface area contributed by atoms with E-state index in [1.54, 1.807) is 13.8 Å². The lowest BCUT2D eigenvalue weighted by Gasteiger charge is -2.13. The van der Waals surface area contributed by atoms with E-state index < -0.39 is 5.97 Å². The van der Waals surface area contributed by atoms with Gasteiger partial charge in [-0.1, -0.05) is 30.3 Å². The molecule has 2 aromatic carbocycles. The van der Waals surface area contributed by atoms with E-state index in [1.165, 1.54) is 18.2 Å². The van der Waals surface area contributed by atoms with E-state index in [9.17, 15) is 19.5 Å². The molecule has 1 heterocycles. The van der Waals surface area contributed by atoms with E-state index in [2.05, 4.69) is 10.3 Å². The number of aromatic nitrogens is 1. The Hall–Kier alpha value is -3.65. The predicted octanol–water partition coefficient (Wildman–Crippen LogP) is 3.34. The Bertz CT molecular complexity index is 1110. The predicted molar refractivity (Wildman–Crippen MR) is 119 cm³/mol. The molecule has 8 heteroatoms. The first-order valence-corrected chi connectivity index (χ1v) is 10.4. The fraction of sp³-hybridized carbons (Fsp3) is 0.292. The van der Waals surface area contributed by atoms with Crippen LogP contribution in [0, 0.1) is 0 Å². The Morgan fingerprint density at radius 2 is 1.84 bits per heavy atom. The summed E-state index contributed by atoms with van der Waals surface area (Å²) in [4.78, 5) is 39.6. The molecule has 8 nitrogen and oxygen atoms in total. The normalized spacial score (nSPS) is 11.8. The molecule has 32 heavy (non-hydrogen) atoms. The van der Waals surface area contributed by atoms with Crippen LogP contribution in [-0.2, 0) is 20.9 Å². The van der Waals surface area contributed by atoms with Gasteiger partial charge in [0.1, 0.15) is 18.1 Å². The second kappa shape index (κ2) is 10.6. The number of nitrogens with one attached hydrogen (secondary N) is 2. The van der Waals surface area contributed by atoms with E-state index in [-0.39, 0.29) is 60.9 Å². The van der Waals surface area contributed by atoms with Crippen molar-refractivity contribution in [2.24, 2.45) is 0 Å². The number of carbonyl (C=O) groups excluding carboxylic acids is 3. The van der Waals surface area contributed by atoms with E-state index in [0.29, 0.717) is 10.9 Å². The second-order valence-electron chi connectivity index (χ2n) is 7.38. The average molecular weight is 438 g/mol. The minimum Gasteiger partial charge on any atom is -0.506 e. The highest BCUT2D eigenvalue weighted by atomic mass is 16.5. The summed E-state index contributed by atoms with van der Waals surface area (Å²) in [5.41, 5.74) is 1.69. The summed E-state index contributed by atoms with van der Waals surface area (Å²) in [6.45, 7) is 3.87. The monoisotopic (exact) mass is 438 g/mol. The molecule has 0 saturated heterocycles. The molecular weight excluding hydrogens is 412 g/mol. The molecule has 0 bridgehead atoms. The SMILES string of the molecule is CCOC(=O)c1cc2c(C(=O)CNC(C)CC(=O)OCc3ccccc3)ccc(O)c2[nH]1. The number of hydrogen-bond acceptors (Lipinski definition) is 7. The summed E-state index contributed by atoms with van der Waals surface area (Å²) >= 11 is 0. The highest BCUT2D eigenvalue weighted by Gasteiger charge is 2.19. The van der Waals surface area contributed by atoms with Gasteiger partial charge in [0.2, 0.25) is 0 Å². The van der Waals surface area contributed by atoms with Crippen molar-refractivity contribution >= 4 is 28.6 Å². The maximum absolute atomic E-state index is 12.8. The minimum absolute atomic E-state index is 0.0209. The van der Waals surface area contributed by atoms with Crippen LogP contribution in [0.25, 0.3) is 10.9 Å². The standard InChI is InChI=1S/C24H26N2O6/c1-3-31-24(30)19-12-18-17(9-10-20(27)23(18)26-19)21(28)13-25-15(2)11-22(29)32-14-16-7-5-4-6-8-16/h4-10,12,15,25-27H,3,11,13-14H2,1-2H3. The number of fused-ring (bicyclic) bond motifs is 1. The number of aromatic hydroxyl groups is 1. The molecule has 0 spiro atoms. The largest absolute Gasteiger partial charge is 0.506 e. The van der Waals surface area contributed by atoms with Gasteiger partial charge in [-0.2, -0.15) is 0 Å². The number of ketones is 1. The first-order valence-electron chi connectivity index (χ1n) is 10.4. The number of esters is 2. The number of rotatable bonds is 10. The summed E-state index contributed by atoms with van der Waals surface area (Å²) in [6.07, 6.45) is 0.113. The Morgan fingerprint density at radius 3 is 2.56 bits per heavy atom. The van der Waals surface area contributed by atoms with Crippen LogP contribution < -0.4 is 5.32 Å². The number of phenols is 1. The molecule has 1 unspecified atom stereocenters. The zero-order valence-corrected chi connectivity index (χ0v) is 18.0. The summed E-state index contributed by atoms with van der Waals surface area (Å²) in [7, 11) is 0. The molecule has 0 amide bonds. The molecule has 168 valence electrons. The van der Waals surface area contributed by atoms with Gasteiger partial charge >= 0.3 is 11.9 Å². The molecule has 0 saturated carbocycles. The number of carbonyl (C=O) groups is 3. The van der Waals surface area contributed by atoms with Crippen LogP contribution in [0.2, 0.25) is 0 Å². The van der Waals surface area contributed by atoms with Gasteiger partial charge in [-0.15, -0.1) is 0 Å². The average Bonchev–Trinajstić information content (AvgIpc) is 3.24. The number of benzene rings is 2. The Labute approximate surface area is 185 Å². The molecule has 0 aliphatic heterocycles. The van der Waals surface area contributed by atoms with E-state index in [0.717, 1.165) is 5.56 Å². The fourth-order valence-electron chi connectivity index (χ4n) is 3.25. The number of Topliss-reactive ketones (excluding diaryl/α,β-unsaturated/α-hetero) is 1. The molecule has 0 fully saturated rings. The second-order valence-corrected chi connectivity index (χ2v) is 7.38. The third kappa shape index (κ3) is 5.73. The Morgan fingerprint density at radius 1 is 1.09 bits per heavy atom. The van der Waals surface area contributed by atoms with Crippen molar-refractivity contribution in [3.05, 3.63) is 65.4 Å². The highest BCUT2D eigenvalue weighted by molar-refractivity contribution is 6.11. The van der Waals surface area contributed by atoms with Crippen molar-refractivity contribution in [1.82, 2.24) is 10.3 Å².